The zero-order valence-electron chi connectivity index (χ0n) is 12.1. The summed E-state index contributed by atoms with van der Waals surface area (Å²) in [5.74, 6) is -1.85. The lowest BCUT2D eigenvalue weighted by Gasteiger charge is -2.30. The minimum atomic E-state index is -1.58. The van der Waals surface area contributed by atoms with Gasteiger partial charge in [-0.2, -0.15) is 0 Å². The van der Waals surface area contributed by atoms with Gasteiger partial charge in [-0.1, -0.05) is 29.3 Å². The molecule has 1 saturated heterocycles. The van der Waals surface area contributed by atoms with Gasteiger partial charge in [-0.15, -0.1) is 0 Å². The fraction of sp³-hybridized carbons (Fsp3) is 0.467. The zero-order chi connectivity index (χ0) is 16.3. The maximum absolute atomic E-state index is 12.3. The second-order valence-electron chi connectivity index (χ2n) is 5.46. The number of carboxylic acid groups (broad SMARTS) is 1. The summed E-state index contributed by atoms with van der Waals surface area (Å²) in [6, 6.07) is 4.51. The molecule has 2 rings (SSSR count). The van der Waals surface area contributed by atoms with E-state index in [9.17, 15) is 14.7 Å². The van der Waals surface area contributed by atoms with Gasteiger partial charge in [0.2, 0.25) is 5.91 Å². The fourth-order valence-electron chi connectivity index (χ4n) is 2.35. The Hall–Kier alpha value is -1.30. The zero-order valence-corrected chi connectivity index (χ0v) is 13.6. The third-order valence-corrected chi connectivity index (χ3v) is 4.57. The van der Waals surface area contributed by atoms with Gasteiger partial charge >= 0.3 is 5.97 Å². The molecule has 22 heavy (non-hydrogen) atoms. The van der Waals surface area contributed by atoms with Crippen molar-refractivity contribution in [2.45, 2.75) is 25.3 Å². The Morgan fingerprint density at radius 3 is 2.64 bits per heavy atom. The van der Waals surface area contributed by atoms with Crippen LogP contribution in [0.3, 0.4) is 0 Å². The Balaban J connectivity index is 2.25. The molecule has 0 aromatic heterocycles. The molecule has 0 unspecified atom stereocenters. The van der Waals surface area contributed by atoms with Gasteiger partial charge in [0, 0.05) is 6.61 Å². The Morgan fingerprint density at radius 2 is 2.09 bits per heavy atom. The van der Waals surface area contributed by atoms with E-state index in [1.807, 2.05) is 0 Å². The third kappa shape index (κ3) is 3.54. The lowest BCUT2D eigenvalue weighted by Crippen LogP contribution is -2.52. The maximum atomic E-state index is 12.3. The number of hydrogen-bond donors (Lipinski definition) is 2. The van der Waals surface area contributed by atoms with E-state index in [1.165, 1.54) is 19.1 Å². The lowest BCUT2D eigenvalue weighted by molar-refractivity contribution is -0.149. The molecular formula is C15H17Cl2NO4. The second-order valence-corrected chi connectivity index (χ2v) is 6.28. The Bertz CT molecular complexity index is 587. The molecule has 0 bridgehead atoms. The van der Waals surface area contributed by atoms with Crippen molar-refractivity contribution in [1.29, 1.82) is 0 Å². The second kappa shape index (κ2) is 6.86. The number of carbonyl (C=O) groups is 2. The number of carbonyl (C=O) groups excluding carboxylic acids is 1. The minimum Gasteiger partial charge on any atom is -0.479 e. The number of halogens is 2. The van der Waals surface area contributed by atoms with E-state index in [-0.39, 0.29) is 16.8 Å². The van der Waals surface area contributed by atoms with Crippen molar-refractivity contribution < 1.29 is 19.4 Å². The molecule has 0 saturated carbocycles. The van der Waals surface area contributed by atoms with Crippen molar-refractivity contribution in [3.63, 3.8) is 0 Å². The van der Waals surface area contributed by atoms with Crippen LogP contribution in [0, 0.1) is 5.92 Å². The molecule has 2 atom stereocenters. The quantitative estimate of drug-likeness (QED) is 0.879. The Labute approximate surface area is 138 Å². The number of aliphatic carboxylic acids is 1. The molecule has 1 amide bonds. The van der Waals surface area contributed by atoms with Crippen molar-refractivity contribution in [1.82, 2.24) is 5.32 Å². The predicted molar refractivity (Wildman–Crippen MR) is 83.1 cm³/mol. The van der Waals surface area contributed by atoms with E-state index >= 15 is 0 Å². The predicted octanol–water partition coefficient (Wildman–Crippen LogP) is 2.84. The summed E-state index contributed by atoms with van der Waals surface area (Å²) >= 11 is 11.8. The number of ether oxygens (including phenoxy) is 1. The highest BCUT2D eigenvalue weighted by atomic mass is 35.5. The lowest BCUT2D eigenvalue weighted by atomic mass is 9.90. The molecular weight excluding hydrogens is 329 g/mol. The van der Waals surface area contributed by atoms with Crippen molar-refractivity contribution in [2.75, 3.05) is 13.2 Å². The first-order valence-electron chi connectivity index (χ1n) is 6.93. The van der Waals surface area contributed by atoms with Crippen molar-refractivity contribution in [2.24, 2.45) is 5.92 Å². The first-order valence-corrected chi connectivity index (χ1v) is 7.69. The molecule has 1 aromatic rings. The number of benzene rings is 1. The van der Waals surface area contributed by atoms with Crippen LogP contribution in [-0.2, 0) is 19.9 Å². The minimum absolute atomic E-state index is 0.238. The van der Waals surface area contributed by atoms with Gasteiger partial charge in [0.1, 0.15) is 0 Å². The number of hydrogen-bond acceptors (Lipinski definition) is 3. The van der Waals surface area contributed by atoms with Gasteiger partial charge in [0.05, 0.1) is 22.6 Å². The van der Waals surface area contributed by atoms with Crippen molar-refractivity contribution in [3.8, 4) is 0 Å². The first kappa shape index (κ1) is 17.1. The summed E-state index contributed by atoms with van der Waals surface area (Å²) in [6.07, 6.45) is 1.47. The molecule has 7 heteroatoms. The number of amides is 1. The highest BCUT2D eigenvalue weighted by molar-refractivity contribution is 6.42. The molecule has 1 fully saturated rings. The van der Waals surface area contributed by atoms with Gasteiger partial charge in [-0.3, -0.25) is 4.79 Å². The molecule has 1 aliphatic rings. The van der Waals surface area contributed by atoms with Gasteiger partial charge in [-0.05, 0) is 37.5 Å². The van der Waals surface area contributed by atoms with Crippen LogP contribution < -0.4 is 5.32 Å². The largest absolute Gasteiger partial charge is 0.479 e. The van der Waals surface area contributed by atoms with Gasteiger partial charge in [0.15, 0.2) is 5.54 Å². The molecule has 0 radical (unpaired) electrons. The summed E-state index contributed by atoms with van der Waals surface area (Å²) in [5, 5.41) is 12.7. The highest BCUT2D eigenvalue weighted by Gasteiger charge is 2.39. The van der Waals surface area contributed by atoms with Crippen LogP contribution in [0.15, 0.2) is 18.2 Å². The monoisotopic (exact) mass is 345 g/mol. The van der Waals surface area contributed by atoms with E-state index in [1.54, 1.807) is 6.07 Å². The van der Waals surface area contributed by atoms with E-state index in [0.29, 0.717) is 30.2 Å². The van der Waals surface area contributed by atoms with Crippen LogP contribution in [0.4, 0.5) is 0 Å². The molecule has 1 heterocycles. The summed E-state index contributed by atoms with van der Waals surface area (Å²) in [6.45, 7) is 2.37. The molecule has 0 aliphatic carbocycles. The number of nitrogens with one attached hydrogen (secondary N) is 1. The average molecular weight is 346 g/mol. The Kier molecular flexibility index (Phi) is 5.32. The van der Waals surface area contributed by atoms with Crippen LogP contribution in [0.2, 0.25) is 10.0 Å². The summed E-state index contributed by atoms with van der Waals surface area (Å²) in [7, 11) is 0. The summed E-state index contributed by atoms with van der Waals surface area (Å²) in [5.41, 5.74) is -1.22. The summed E-state index contributed by atoms with van der Waals surface area (Å²) in [4.78, 5) is 24.0. The van der Waals surface area contributed by atoms with Crippen molar-refractivity contribution in [3.05, 3.63) is 33.8 Å². The van der Waals surface area contributed by atoms with Crippen LogP contribution in [0.25, 0.3) is 0 Å². The molecule has 1 aromatic carbocycles. The van der Waals surface area contributed by atoms with Crippen LogP contribution in [0.1, 0.15) is 25.3 Å². The van der Waals surface area contributed by atoms with E-state index in [4.69, 9.17) is 27.9 Å². The number of carboxylic acids is 1. The first-order chi connectivity index (χ1) is 10.3. The van der Waals surface area contributed by atoms with Gasteiger partial charge < -0.3 is 15.2 Å². The molecule has 1 aliphatic heterocycles. The number of rotatable bonds is 4. The van der Waals surface area contributed by atoms with Gasteiger partial charge in [0.25, 0.3) is 0 Å². The van der Waals surface area contributed by atoms with Crippen molar-refractivity contribution >= 4 is 35.1 Å². The highest BCUT2D eigenvalue weighted by Crippen LogP contribution is 2.29. The van der Waals surface area contributed by atoms with Gasteiger partial charge in [-0.25, -0.2) is 4.79 Å². The fourth-order valence-corrected chi connectivity index (χ4v) is 2.65. The van der Waals surface area contributed by atoms with Crippen LogP contribution >= 0.6 is 23.2 Å². The third-order valence-electron chi connectivity index (χ3n) is 3.83. The standard InChI is InChI=1S/C15H17Cl2NO4/c1-15(14(20)21,10-4-5-11(16)12(17)7-10)18-13(19)9-3-2-6-22-8-9/h4-5,7,9H,2-3,6,8H2,1H3,(H,18,19)(H,20,21)/t9-,15+/m1/s1. The average Bonchev–Trinajstić information content (AvgIpc) is 2.50. The molecule has 5 nitrogen and oxygen atoms in total. The van der Waals surface area contributed by atoms with E-state index < -0.39 is 11.5 Å². The molecule has 120 valence electrons. The SMILES string of the molecule is C[C@@](NC(=O)[C@@H]1CCCOC1)(C(=O)O)c1ccc(Cl)c(Cl)c1. The Morgan fingerprint density at radius 1 is 1.36 bits per heavy atom. The molecule has 0 spiro atoms. The van der Waals surface area contributed by atoms with E-state index in [0.717, 1.165) is 6.42 Å². The van der Waals surface area contributed by atoms with E-state index in [2.05, 4.69) is 5.32 Å². The molecule has 2 N–H and O–H groups in total. The topological polar surface area (TPSA) is 75.6 Å². The maximum Gasteiger partial charge on any atom is 0.333 e. The summed E-state index contributed by atoms with van der Waals surface area (Å²) < 4.78 is 5.27. The van der Waals surface area contributed by atoms with Crippen LogP contribution in [-0.4, -0.2) is 30.2 Å². The van der Waals surface area contributed by atoms with Crippen LogP contribution in [0.5, 0.6) is 0 Å². The normalized spacial score (nSPS) is 21.0. The smallest absolute Gasteiger partial charge is 0.333 e.